The minimum absolute atomic E-state index is 0.288. The average molecular weight is 509 g/mol. The molecule has 5 aromatic rings. The summed E-state index contributed by atoms with van der Waals surface area (Å²) in [6, 6.07) is 12.0. The first-order chi connectivity index (χ1) is 18.7. The van der Waals surface area contributed by atoms with E-state index in [-0.39, 0.29) is 5.92 Å². The molecule has 38 heavy (non-hydrogen) atoms. The quantitative estimate of drug-likeness (QED) is 0.247. The van der Waals surface area contributed by atoms with Gasteiger partial charge in [-0.15, -0.1) is 0 Å². The van der Waals surface area contributed by atoms with Gasteiger partial charge in [0.2, 0.25) is 6.41 Å². The van der Waals surface area contributed by atoms with Crippen LogP contribution in [0.1, 0.15) is 29.4 Å². The normalized spacial score (nSPS) is 16.2. The average Bonchev–Trinajstić information content (AvgIpc) is 3.67. The van der Waals surface area contributed by atoms with Crippen LogP contribution in [-0.2, 0) is 4.79 Å². The third kappa shape index (κ3) is 4.34. The Morgan fingerprint density at radius 1 is 1.00 bits per heavy atom. The van der Waals surface area contributed by atoms with E-state index in [1.54, 1.807) is 32.8 Å². The van der Waals surface area contributed by atoms with Gasteiger partial charge in [-0.2, -0.15) is 5.10 Å². The highest BCUT2D eigenvalue weighted by atomic mass is 16.5. The van der Waals surface area contributed by atoms with Crippen molar-refractivity contribution >= 4 is 34.6 Å². The van der Waals surface area contributed by atoms with Gasteiger partial charge < -0.3 is 20.1 Å². The Morgan fingerprint density at radius 3 is 2.66 bits per heavy atom. The van der Waals surface area contributed by atoms with Crippen LogP contribution < -0.4 is 20.1 Å². The zero-order valence-electron chi connectivity index (χ0n) is 20.7. The van der Waals surface area contributed by atoms with Crippen molar-refractivity contribution in [2.24, 2.45) is 0 Å². The van der Waals surface area contributed by atoms with Crippen LogP contribution in [0.2, 0.25) is 0 Å². The smallest absolute Gasteiger partial charge is 0.211 e. The predicted molar refractivity (Wildman–Crippen MR) is 142 cm³/mol. The number of amides is 1. The first-order valence-electron chi connectivity index (χ1n) is 12.0. The maximum absolute atomic E-state index is 11.1. The second kappa shape index (κ2) is 9.77. The molecule has 1 aliphatic carbocycles. The van der Waals surface area contributed by atoms with E-state index in [0.29, 0.717) is 41.1 Å². The van der Waals surface area contributed by atoms with Crippen molar-refractivity contribution in [3.63, 3.8) is 0 Å². The van der Waals surface area contributed by atoms with Gasteiger partial charge in [0.05, 0.1) is 31.5 Å². The highest BCUT2D eigenvalue weighted by Crippen LogP contribution is 2.57. The molecule has 0 spiro atoms. The predicted octanol–water partition coefficient (Wildman–Crippen LogP) is 4.41. The van der Waals surface area contributed by atoms with Gasteiger partial charge in [0, 0.05) is 23.5 Å². The summed E-state index contributed by atoms with van der Waals surface area (Å²) >= 11 is 0. The summed E-state index contributed by atoms with van der Waals surface area (Å²) in [7, 11) is 3.20. The van der Waals surface area contributed by atoms with Gasteiger partial charge in [-0.1, -0.05) is 6.07 Å². The number of carbonyl (C=O) groups is 1. The van der Waals surface area contributed by atoms with E-state index in [4.69, 9.17) is 9.47 Å². The van der Waals surface area contributed by atoms with Crippen LogP contribution in [0, 0.1) is 0 Å². The molecule has 0 radical (unpaired) electrons. The lowest BCUT2D eigenvalue weighted by Crippen LogP contribution is -2.01. The molecule has 3 aromatic heterocycles. The van der Waals surface area contributed by atoms with Gasteiger partial charge in [-0.05, 0) is 59.7 Å². The Balaban J connectivity index is 1.26. The number of hydrogen-bond donors (Lipinski definition) is 3. The van der Waals surface area contributed by atoms with Crippen molar-refractivity contribution in [3.05, 3.63) is 72.4 Å². The molecule has 11 heteroatoms. The standard InChI is InChI=1S/C27H24N8O3/c1-37-17-4-6-22(31-14-36)21(8-17)20-9-19(20)15-3-5-18-23(7-15)34-35-26(18)33-27-24(38-2)12-30-25(32-27)16-10-28-13-29-11-16/h3-8,10-14,19-20H,9H2,1-2H3,(H,31,36)(H2,30,32,33,34,35). The van der Waals surface area contributed by atoms with Gasteiger partial charge in [0.25, 0.3) is 0 Å². The van der Waals surface area contributed by atoms with E-state index in [0.717, 1.165) is 34.3 Å². The fourth-order valence-electron chi connectivity index (χ4n) is 4.72. The van der Waals surface area contributed by atoms with Crippen molar-refractivity contribution in [1.29, 1.82) is 0 Å². The third-order valence-corrected chi connectivity index (χ3v) is 6.71. The number of nitrogens with zero attached hydrogens (tertiary/aromatic N) is 5. The lowest BCUT2D eigenvalue weighted by molar-refractivity contribution is -0.105. The molecule has 0 bridgehead atoms. The zero-order chi connectivity index (χ0) is 26.1. The SMILES string of the molecule is COc1ccc(NC=O)c(C2CC2c2ccc3c(Nc4nc(-c5cncnc5)ncc4OC)n[nH]c3c2)c1. The molecule has 11 nitrogen and oxygen atoms in total. The number of carbonyl (C=O) groups excluding carboxylic acids is 1. The van der Waals surface area contributed by atoms with Crippen LogP contribution >= 0.6 is 0 Å². The van der Waals surface area contributed by atoms with Crippen molar-refractivity contribution in [3.8, 4) is 22.9 Å². The monoisotopic (exact) mass is 508 g/mol. The molecule has 0 saturated heterocycles. The topological polar surface area (TPSA) is 140 Å². The van der Waals surface area contributed by atoms with Gasteiger partial charge >= 0.3 is 0 Å². The lowest BCUT2D eigenvalue weighted by Gasteiger charge is -2.11. The first kappa shape index (κ1) is 23.3. The molecule has 1 fully saturated rings. The summed E-state index contributed by atoms with van der Waals surface area (Å²) in [5.41, 5.74) is 4.67. The number of ether oxygens (including phenoxy) is 2. The van der Waals surface area contributed by atoms with E-state index in [1.807, 2.05) is 24.3 Å². The fourth-order valence-corrected chi connectivity index (χ4v) is 4.72. The summed E-state index contributed by atoms with van der Waals surface area (Å²) in [6.07, 6.45) is 8.05. The maximum atomic E-state index is 11.1. The number of aromatic amines is 1. The van der Waals surface area contributed by atoms with Crippen molar-refractivity contribution < 1.29 is 14.3 Å². The number of benzene rings is 2. The molecule has 2 aromatic carbocycles. The number of methoxy groups -OCH3 is 2. The molecule has 0 aliphatic heterocycles. The van der Waals surface area contributed by atoms with E-state index >= 15 is 0 Å². The van der Waals surface area contributed by atoms with Crippen molar-refractivity contribution in [1.82, 2.24) is 30.1 Å². The first-order valence-corrected chi connectivity index (χ1v) is 12.0. The van der Waals surface area contributed by atoms with Gasteiger partial charge in [-0.3, -0.25) is 9.89 Å². The number of nitrogens with one attached hydrogen (secondary N) is 3. The largest absolute Gasteiger partial charge is 0.497 e. The van der Waals surface area contributed by atoms with Gasteiger partial charge in [0.15, 0.2) is 23.2 Å². The number of hydrogen-bond acceptors (Lipinski definition) is 9. The van der Waals surface area contributed by atoms with Crippen LogP contribution in [0.4, 0.5) is 17.3 Å². The second-order valence-electron chi connectivity index (χ2n) is 8.90. The molecule has 190 valence electrons. The fraction of sp³-hybridized carbons (Fsp3) is 0.185. The van der Waals surface area contributed by atoms with E-state index in [1.165, 1.54) is 11.9 Å². The molecule has 1 amide bonds. The molecule has 6 rings (SSSR count). The van der Waals surface area contributed by atoms with E-state index < -0.39 is 0 Å². The number of anilines is 3. The Kier molecular flexibility index (Phi) is 6.00. The number of rotatable bonds is 9. The summed E-state index contributed by atoms with van der Waals surface area (Å²) < 4.78 is 10.9. The highest BCUT2D eigenvalue weighted by Gasteiger charge is 2.41. The zero-order valence-corrected chi connectivity index (χ0v) is 20.7. The Morgan fingerprint density at radius 2 is 1.87 bits per heavy atom. The van der Waals surface area contributed by atoms with Gasteiger partial charge in [0.1, 0.15) is 12.1 Å². The Hall–Kier alpha value is -5.06. The Bertz CT molecular complexity index is 1620. The molecule has 3 heterocycles. The second-order valence-corrected chi connectivity index (χ2v) is 8.90. The molecular formula is C27H24N8O3. The number of fused-ring (bicyclic) bond motifs is 1. The van der Waals surface area contributed by atoms with E-state index in [9.17, 15) is 4.79 Å². The molecule has 1 aliphatic rings. The van der Waals surface area contributed by atoms with Crippen LogP contribution in [0.3, 0.4) is 0 Å². The summed E-state index contributed by atoms with van der Waals surface area (Å²) in [4.78, 5) is 28.1. The molecule has 1 saturated carbocycles. The van der Waals surface area contributed by atoms with Crippen LogP contribution in [-0.4, -0.2) is 50.8 Å². The van der Waals surface area contributed by atoms with Crippen LogP contribution in [0.5, 0.6) is 11.5 Å². The number of H-pyrrole nitrogens is 1. The maximum Gasteiger partial charge on any atom is 0.211 e. The van der Waals surface area contributed by atoms with Crippen molar-refractivity contribution in [2.45, 2.75) is 18.3 Å². The number of aromatic nitrogens is 6. The van der Waals surface area contributed by atoms with Crippen molar-refractivity contribution in [2.75, 3.05) is 24.9 Å². The minimum Gasteiger partial charge on any atom is -0.497 e. The molecule has 2 unspecified atom stereocenters. The lowest BCUT2D eigenvalue weighted by atomic mass is 10.0. The molecule has 3 N–H and O–H groups in total. The third-order valence-electron chi connectivity index (χ3n) is 6.71. The Labute approximate surface area is 217 Å². The molecule has 2 atom stereocenters. The summed E-state index contributed by atoms with van der Waals surface area (Å²) in [5, 5.41) is 14.6. The van der Waals surface area contributed by atoms with E-state index in [2.05, 4.69) is 52.9 Å². The van der Waals surface area contributed by atoms with Crippen LogP contribution in [0.25, 0.3) is 22.3 Å². The summed E-state index contributed by atoms with van der Waals surface area (Å²) in [6.45, 7) is 0. The highest BCUT2D eigenvalue weighted by molar-refractivity contribution is 5.92. The van der Waals surface area contributed by atoms with Crippen LogP contribution in [0.15, 0.2) is 61.3 Å². The minimum atomic E-state index is 0.288. The molecular weight excluding hydrogens is 484 g/mol. The van der Waals surface area contributed by atoms with Gasteiger partial charge in [-0.25, -0.2) is 19.9 Å². The summed E-state index contributed by atoms with van der Waals surface area (Å²) in [5.74, 6) is 3.44.